The van der Waals surface area contributed by atoms with E-state index >= 15 is 0 Å². The van der Waals surface area contributed by atoms with Gasteiger partial charge in [-0.1, -0.05) is 35.9 Å². The van der Waals surface area contributed by atoms with Crippen LogP contribution in [0.25, 0.3) is 6.08 Å². The Morgan fingerprint density at radius 1 is 1.20 bits per heavy atom. The molecule has 1 N–H and O–H groups in total. The summed E-state index contributed by atoms with van der Waals surface area (Å²) in [5.41, 5.74) is 3.26. The van der Waals surface area contributed by atoms with Gasteiger partial charge in [0.05, 0.1) is 18.5 Å². The molecule has 1 saturated heterocycles. The molecule has 5 heteroatoms. The number of carbonyl (C=O) groups excluding carboxylic acids is 1. The van der Waals surface area contributed by atoms with E-state index in [1.54, 1.807) is 12.4 Å². The lowest BCUT2D eigenvalue weighted by Crippen LogP contribution is -2.39. The number of anilines is 1. The molecule has 1 aliphatic heterocycles. The van der Waals surface area contributed by atoms with Gasteiger partial charge in [-0.15, -0.1) is 0 Å². The second-order valence-electron chi connectivity index (χ2n) is 8.00. The Kier molecular flexibility index (Phi) is 6.80. The highest BCUT2D eigenvalue weighted by Crippen LogP contribution is 2.24. The van der Waals surface area contributed by atoms with Crippen LogP contribution in [0.5, 0.6) is 5.75 Å². The summed E-state index contributed by atoms with van der Waals surface area (Å²) in [7, 11) is 0. The van der Waals surface area contributed by atoms with Crippen molar-refractivity contribution in [1.29, 1.82) is 0 Å². The molecular weight excluding hydrogens is 374 g/mol. The number of urea groups is 1. The highest BCUT2D eigenvalue weighted by atomic mass is 16.5. The van der Waals surface area contributed by atoms with E-state index in [9.17, 15) is 4.79 Å². The summed E-state index contributed by atoms with van der Waals surface area (Å²) in [6, 6.07) is 11.9. The molecule has 1 aromatic carbocycles. The number of rotatable bonds is 5. The summed E-state index contributed by atoms with van der Waals surface area (Å²) < 4.78 is 6.05. The number of pyridine rings is 1. The van der Waals surface area contributed by atoms with Crippen LogP contribution < -0.4 is 10.1 Å². The van der Waals surface area contributed by atoms with Gasteiger partial charge in [-0.3, -0.25) is 4.98 Å². The molecular formula is C25H29N3O2. The molecule has 0 spiro atoms. The minimum atomic E-state index is -0.0602. The normalized spacial score (nSPS) is 18.7. The van der Waals surface area contributed by atoms with E-state index in [1.807, 2.05) is 23.1 Å². The van der Waals surface area contributed by atoms with Crippen LogP contribution in [-0.2, 0) is 0 Å². The lowest BCUT2D eigenvalue weighted by Gasteiger charge is -2.28. The molecule has 0 radical (unpaired) electrons. The second-order valence-corrected chi connectivity index (χ2v) is 8.00. The molecule has 2 aromatic rings. The maximum atomic E-state index is 12.4. The molecule has 2 amide bonds. The number of piperidine rings is 1. The van der Waals surface area contributed by atoms with E-state index in [1.165, 1.54) is 17.6 Å². The topological polar surface area (TPSA) is 54.5 Å². The Bertz CT molecular complexity index is 898. The van der Waals surface area contributed by atoms with E-state index < -0.39 is 0 Å². The predicted octanol–water partition coefficient (Wildman–Crippen LogP) is 5.53. The third kappa shape index (κ3) is 5.72. The van der Waals surface area contributed by atoms with Crippen molar-refractivity contribution in [2.45, 2.75) is 32.1 Å². The first-order chi connectivity index (χ1) is 14.8. The molecule has 1 aromatic heterocycles. The number of ether oxygens (including phenoxy) is 1. The first-order valence-electron chi connectivity index (χ1n) is 10.8. The van der Waals surface area contributed by atoms with Crippen molar-refractivity contribution < 1.29 is 9.53 Å². The maximum Gasteiger partial charge on any atom is 0.321 e. The van der Waals surface area contributed by atoms with Crippen LogP contribution in [0.2, 0.25) is 0 Å². The lowest BCUT2D eigenvalue weighted by molar-refractivity contribution is 0.208. The molecule has 1 aliphatic carbocycles. The summed E-state index contributed by atoms with van der Waals surface area (Å²) >= 11 is 0. The van der Waals surface area contributed by atoms with Gasteiger partial charge >= 0.3 is 6.03 Å². The number of hydrogen-bond donors (Lipinski definition) is 1. The average molecular weight is 404 g/mol. The second kappa shape index (κ2) is 10.1. The number of nitrogens with zero attached hydrogens (tertiary/aromatic N) is 2. The minimum Gasteiger partial charge on any atom is -0.493 e. The van der Waals surface area contributed by atoms with Crippen molar-refractivity contribution >= 4 is 17.8 Å². The SMILES string of the molecule is O=C(Nc1cccnc1)N1CCC(=Cc2cccc(OCC3CC=CCC3)c2)CC1. The fourth-order valence-electron chi connectivity index (χ4n) is 3.93. The van der Waals surface area contributed by atoms with E-state index in [-0.39, 0.29) is 6.03 Å². The smallest absolute Gasteiger partial charge is 0.321 e. The number of allylic oxidation sites excluding steroid dienone is 2. The van der Waals surface area contributed by atoms with Gasteiger partial charge in [0.15, 0.2) is 0 Å². The van der Waals surface area contributed by atoms with Crippen molar-refractivity contribution in [3.05, 3.63) is 72.1 Å². The van der Waals surface area contributed by atoms with Crippen molar-refractivity contribution in [3.8, 4) is 5.75 Å². The van der Waals surface area contributed by atoms with Crippen LogP contribution in [0.3, 0.4) is 0 Å². The fourth-order valence-corrected chi connectivity index (χ4v) is 3.93. The Morgan fingerprint density at radius 3 is 2.87 bits per heavy atom. The molecule has 2 heterocycles. The van der Waals surface area contributed by atoms with Crippen molar-refractivity contribution in [2.24, 2.45) is 5.92 Å². The van der Waals surface area contributed by atoms with E-state index in [2.05, 4.69) is 46.7 Å². The standard InChI is InChI=1S/C25H29N3O2/c29-25(27-23-9-5-13-26-18-23)28-14-11-20(12-15-28)16-22-8-4-10-24(17-22)30-19-21-6-2-1-3-7-21/h1-2,4-5,8-10,13,16-18,21H,3,6-7,11-12,14-15,19H2,(H,27,29). The third-order valence-corrected chi connectivity index (χ3v) is 5.70. The van der Waals surface area contributed by atoms with Crippen LogP contribution in [-0.4, -0.2) is 35.6 Å². The summed E-state index contributed by atoms with van der Waals surface area (Å²) in [5.74, 6) is 1.56. The molecule has 1 fully saturated rings. The zero-order chi connectivity index (χ0) is 20.6. The van der Waals surface area contributed by atoms with Gasteiger partial charge in [-0.05, 0) is 67.9 Å². The predicted molar refractivity (Wildman–Crippen MR) is 120 cm³/mol. The summed E-state index contributed by atoms with van der Waals surface area (Å²) in [6.45, 7) is 2.23. The maximum absolute atomic E-state index is 12.4. The van der Waals surface area contributed by atoms with Crippen LogP contribution in [0.1, 0.15) is 37.7 Å². The van der Waals surface area contributed by atoms with Gasteiger partial charge in [0.2, 0.25) is 0 Å². The van der Waals surface area contributed by atoms with Gasteiger partial charge in [0.1, 0.15) is 5.75 Å². The zero-order valence-corrected chi connectivity index (χ0v) is 17.3. The van der Waals surface area contributed by atoms with E-state index in [0.29, 0.717) is 5.92 Å². The fraction of sp³-hybridized carbons (Fsp3) is 0.360. The average Bonchev–Trinajstić information content (AvgIpc) is 2.80. The number of nitrogens with one attached hydrogen (secondary N) is 1. The number of benzene rings is 1. The van der Waals surface area contributed by atoms with Crippen molar-refractivity contribution in [2.75, 3.05) is 25.0 Å². The molecule has 1 atom stereocenters. The van der Waals surface area contributed by atoms with Crippen molar-refractivity contribution in [3.63, 3.8) is 0 Å². The summed E-state index contributed by atoms with van der Waals surface area (Å²) in [6.07, 6.45) is 15.4. The van der Waals surface area contributed by atoms with Crippen molar-refractivity contribution in [1.82, 2.24) is 9.88 Å². The molecule has 2 aliphatic rings. The Labute approximate surface area is 178 Å². The van der Waals surface area contributed by atoms with Gasteiger partial charge in [0.25, 0.3) is 0 Å². The van der Waals surface area contributed by atoms with Gasteiger partial charge in [-0.25, -0.2) is 4.79 Å². The van der Waals surface area contributed by atoms with E-state index in [4.69, 9.17) is 4.74 Å². The molecule has 0 bridgehead atoms. The molecule has 0 saturated carbocycles. The highest BCUT2D eigenvalue weighted by Gasteiger charge is 2.19. The van der Waals surface area contributed by atoms with Crippen LogP contribution in [0.4, 0.5) is 10.5 Å². The Balaban J connectivity index is 1.28. The Hall–Kier alpha value is -3.08. The quantitative estimate of drug-likeness (QED) is 0.668. The Morgan fingerprint density at radius 2 is 2.10 bits per heavy atom. The monoisotopic (exact) mass is 403 g/mol. The largest absolute Gasteiger partial charge is 0.493 e. The number of aromatic nitrogens is 1. The van der Waals surface area contributed by atoms with E-state index in [0.717, 1.165) is 56.8 Å². The third-order valence-electron chi connectivity index (χ3n) is 5.70. The zero-order valence-electron chi connectivity index (χ0n) is 17.3. The lowest BCUT2D eigenvalue weighted by atomic mass is 9.95. The highest BCUT2D eigenvalue weighted by molar-refractivity contribution is 5.89. The first-order valence-corrected chi connectivity index (χ1v) is 10.8. The summed E-state index contributed by atoms with van der Waals surface area (Å²) in [5, 5.41) is 2.91. The molecule has 5 nitrogen and oxygen atoms in total. The number of carbonyl (C=O) groups is 1. The summed E-state index contributed by atoms with van der Waals surface area (Å²) in [4.78, 5) is 18.3. The van der Waals surface area contributed by atoms with Gasteiger partial charge in [-0.2, -0.15) is 0 Å². The molecule has 4 rings (SSSR count). The number of amides is 2. The van der Waals surface area contributed by atoms with Gasteiger partial charge < -0.3 is 15.0 Å². The molecule has 1 unspecified atom stereocenters. The minimum absolute atomic E-state index is 0.0602. The van der Waals surface area contributed by atoms with Crippen LogP contribution in [0.15, 0.2) is 66.5 Å². The number of hydrogen-bond acceptors (Lipinski definition) is 3. The molecule has 30 heavy (non-hydrogen) atoms. The van der Waals surface area contributed by atoms with Crippen LogP contribution in [0, 0.1) is 5.92 Å². The molecule has 156 valence electrons. The van der Waals surface area contributed by atoms with Gasteiger partial charge in [0, 0.05) is 19.3 Å². The van der Waals surface area contributed by atoms with Crippen LogP contribution >= 0.6 is 0 Å². The number of likely N-dealkylation sites (tertiary alicyclic amines) is 1. The first kappa shape index (κ1) is 20.2.